The minimum atomic E-state index is -0.297. The first-order valence-corrected chi connectivity index (χ1v) is 8.49. The summed E-state index contributed by atoms with van der Waals surface area (Å²) in [7, 11) is 0. The fraction of sp³-hybridized carbons (Fsp3) is 0.250. The molecule has 1 atom stereocenters. The predicted molar refractivity (Wildman–Crippen MR) is 93.0 cm³/mol. The van der Waals surface area contributed by atoms with E-state index in [2.05, 4.69) is 26.6 Å². The van der Waals surface area contributed by atoms with Gasteiger partial charge in [-0.15, -0.1) is 11.3 Å². The second-order valence-corrected chi connectivity index (χ2v) is 6.82. The summed E-state index contributed by atoms with van der Waals surface area (Å²) in [5.41, 5.74) is 1.80. The summed E-state index contributed by atoms with van der Waals surface area (Å²) in [5.74, 6) is -0.278. The minimum Gasteiger partial charge on any atom is -0.348 e. The van der Waals surface area contributed by atoms with Crippen LogP contribution >= 0.6 is 27.3 Å². The molecular weight excluding hydrogens is 364 g/mol. The molecule has 0 bridgehead atoms. The first-order chi connectivity index (χ1) is 10.5. The molecule has 0 radical (unpaired) electrons. The summed E-state index contributed by atoms with van der Waals surface area (Å²) in [6.45, 7) is 3.42. The zero-order valence-electron chi connectivity index (χ0n) is 12.4. The molecule has 0 aliphatic rings. The Hall–Kier alpha value is -1.66. The van der Waals surface area contributed by atoms with E-state index in [4.69, 9.17) is 0 Å². The minimum absolute atomic E-state index is 0.131. The maximum absolute atomic E-state index is 12.2. The lowest BCUT2D eigenvalue weighted by Gasteiger charge is -2.16. The molecule has 1 heterocycles. The summed E-state index contributed by atoms with van der Waals surface area (Å²) in [6, 6.07) is 9.17. The van der Waals surface area contributed by atoms with Crippen LogP contribution in [0.25, 0.3) is 0 Å². The van der Waals surface area contributed by atoms with Gasteiger partial charge in [0.15, 0.2) is 0 Å². The van der Waals surface area contributed by atoms with Gasteiger partial charge < -0.3 is 10.6 Å². The molecule has 1 aromatic heterocycles. The molecular formula is C16H17BrN2O2S. The standard InChI is InChI=1S/C16H17BrN2O2S/c1-10-8-12(5-6-13(10)17)19-16(21)9-14(18-11(2)20)15-4-3-7-22-15/h3-8,14H,9H2,1-2H3,(H,18,20)(H,19,21). The smallest absolute Gasteiger partial charge is 0.226 e. The van der Waals surface area contributed by atoms with Crippen LogP contribution in [0.4, 0.5) is 5.69 Å². The molecule has 0 aliphatic carbocycles. The number of thiophene rings is 1. The Morgan fingerprint density at radius 3 is 2.68 bits per heavy atom. The highest BCUT2D eigenvalue weighted by Gasteiger charge is 2.18. The zero-order chi connectivity index (χ0) is 16.1. The van der Waals surface area contributed by atoms with Crippen LogP contribution in [-0.4, -0.2) is 11.8 Å². The molecule has 0 aliphatic heterocycles. The van der Waals surface area contributed by atoms with Crippen LogP contribution in [0, 0.1) is 6.92 Å². The van der Waals surface area contributed by atoms with E-state index in [1.54, 1.807) is 0 Å². The van der Waals surface area contributed by atoms with Gasteiger partial charge in [-0.25, -0.2) is 0 Å². The lowest BCUT2D eigenvalue weighted by Crippen LogP contribution is -2.29. The van der Waals surface area contributed by atoms with Gasteiger partial charge in [-0.05, 0) is 42.1 Å². The van der Waals surface area contributed by atoms with Crippen LogP contribution < -0.4 is 10.6 Å². The zero-order valence-corrected chi connectivity index (χ0v) is 14.8. The lowest BCUT2D eigenvalue weighted by molar-refractivity contribution is -0.120. The monoisotopic (exact) mass is 380 g/mol. The molecule has 22 heavy (non-hydrogen) atoms. The summed E-state index contributed by atoms with van der Waals surface area (Å²) >= 11 is 4.96. The fourth-order valence-corrected chi connectivity index (χ4v) is 3.10. The Balaban J connectivity index is 2.04. The van der Waals surface area contributed by atoms with E-state index in [1.165, 1.54) is 18.3 Å². The highest BCUT2D eigenvalue weighted by molar-refractivity contribution is 9.10. The second kappa shape index (κ2) is 7.56. The lowest BCUT2D eigenvalue weighted by atomic mass is 10.1. The fourth-order valence-electron chi connectivity index (χ4n) is 2.08. The molecule has 0 saturated heterocycles. The van der Waals surface area contributed by atoms with Crippen LogP contribution in [0.5, 0.6) is 0 Å². The number of nitrogens with one attached hydrogen (secondary N) is 2. The van der Waals surface area contributed by atoms with Crippen LogP contribution in [0.1, 0.15) is 29.8 Å². The first-order valence-electron chi connectivity index (χ1n) is 6.82. The molecule has 116 valence electrons. The van der Waals surface area contributed by atoms with Crippen molar-refractivity contribution in [2.75, 3.05) is 5.32 Å². The molecule has 2 aromatic rings. The number of amides is 2. The normalized spacial score (nSPS) is 11.8. The van der Waals surface area contributed by atoms with Gasteiger partial charge >= 0.3 is 0 Å². The molecule has 4 nitrogen and oxygen atoms in total. The van der Waals surface area contributed by atoms with Crippen LogP contribution in [0.2, 0.25) is 0 Å². The Kier molecular flexibility index (Phi) is 5.74. The number of benzene rings is 1. The van der Waals surface area contributed by atoms with Crippen molar-refractivity contribution in [2.45, 2.75) is 26.3 Å². The number of aryl methyl sites for hydroxylation is 1. The Labute approximate surface area is 142 Å². The molecule has 2 N–H and O–H groups in total. The first kappa shape index (κ1) is 16.7. The van der Waals surface area contributed by atoms with Gasteiger partial charge in [0.1, 0.15) is 0 Å². The molecule has 1 aromatic carbocycles. The van der Waals surface area contributed by atoms with Gasteiger partial charge in [0.25, 0.3) is 0 Å². The number of carbonyl (C=O) groups is 2. The van der Waals surface area contributed by atoms with Crippen molar-refractivity contribution in [3.8, 4) is 0 Å². The molecule has 2 amide bonds. The number of anilines is 1. The van der Waals surface area contributed by atoms with E-state index in [9.17, 15) is 9.59 Å². The van der Waals surface area contributed by atoms with Gasteiger partial charge in [0.2, 0.25) is 11.8 Å². The third kappa shape index (κ3) is 4.68. The Morgan fingerprint density at radius 2 is 2.09 bits per heavy atom. The second-order valence-electron chi connectivity index (χ2n) is 4.98. The number of rotatable bonds is 5. The molecule has 6 heteroatoms. The van der Waals surface area contributed by atoms with Gasteiger partial charge in [-0.3, -0.25) is 9.59 Å². The topological polar surface area (TPSA) is 58.2 Å². The average molecular weight is 381 g/mol. The van der Waals surface area contributed by atoms with Gasteiger partial charge in [0.05, 0.1) is 12.5 Å². The van der Waals surface area contributed by atoms with Crippen molar-refractivity contribution in [1.29, 1.82) is 0 Å². The predicted octanol–water partition coefficient (Wildman–Crippen LogP) is 4.03. The largest absolute Gasteiger partial charge is 0.348 e. The van der Waals surface area contributed by atoms with E-state index >= 15 is 0 Å². The number of halogens is 1. The molecule has 1 unspecified atom stereocenters. The van der Waals surface area contributed by atoms with Crippen molar-refractivity contribution in [3.63, 3.8) is 0 Å². The number of hydrogen-bond donors (Lipinski definition) is 2. The SMILES string of the molecule is CC(=O)NC(CC(=O)Nc1ccc(Br)c(C)c1)c1cccs1. The van der Waals surface area contributed by atoms with E-state index < -0.39 is 0 Å². The summed E-state index contributed by atoms with van der Waals surface area (Å²) < 4.78 is 1.00. The maximum atomic E-state index is 12.2. The van der Waals surface area contributed by atoms with Crippen molar-refractivity contribution < 1.29 is 9.59 Å². The summed E-state index contributed by atoms with van der Waals surface area (Å²) in [4.78, 5) is 24.5. The van der Waals surface area contributed by atoms with Crippen LogP contribution in [0.3, 0.4) is 0 Å². The number of hydrogen-bond acceptors (Lipinski definition) is 3. The van der Waals surface area contributed by atoms with E-state index in [0.29, 0.717) is 0 Å². The van der Waals surface area contributed by atoms with Crippen molar-refractivity contribution >= 4 is 44.8 Å². The van der Waals surface area contributed by atoms with Gasteiger partial charge in [0, 0.05) is 22.0 Å². The number of carbonyl (C=O) groups excluding carboxylic acids is 2. The highest BCUT2D eigenvalue weighted by atomic mass is 79.9. The van der Waals surface area contributed by atoms with Crippen molar-refractivity contribution in [3.05, 3.63) is 50.6 Å². The molecule has 2 rings (SSSR count). The average Bonchev–Trinajstić information content (AvgIpc) is 2.95. The highest BCUT2D eigenvalue weighted by Crippen LogP contribution is 2.24. The van der Waals surface area contributed by atoms with Gasteiger partial charge in [-0.2, -0.15) is 0 Å². The van der Waals surface area contributed by atoms with Crippen LogP contribution in [0.15, 0.2) is 40.2 Å². The third-order valence-corrected chi connectivity index (χ3v) is 4.97. The maximum Gasteiger partial charge on any atom is 0.226 e. The van der Waals surface area contributed by atoms with Crippen molar-refractivity contribution in [1.82, 2.24) is 5.32 Å². The Bertz CT molecular complexity index is 671. The quantitative estimate of drug-likeness (QED) is 0.822. The molecule has 0 saturated carbocycles. The van der Waals surface area contributed by atoms with E-state index in [0.717, 1.165) is 20.6 Å². The molecule has 0 spiro atoms. The van der Waals surface area contributed by atoms with E-state index in [-0.39, 0.29) is 24.3 Å². The third-order valence-electron chi connectivity index (χ3n) is 3.10. The molecule has 0 fully saturated rings. The Morgan fingerprint density at radius 1 is 1.32 bits per heavy atom. The summed E-state index contributed by atoms with van der Waals surface area (Å²) in [5, 5.41) is 7.62. The van der Waals surface area contributed by atoms with Crippen LogP contribution in [-0.2, 0) is 9.59 Å². The summed E-state index contributed by atoms with van der Waals surface area (Å²) in [6.07, 6.45) is 0.204. The van der Waals surface area contributed by atoms with E-state index in [1.807, 2.05) is 42.6 Å². The van der Waals surface area contributed by atoms with Crippen molar-refractivity contribution in [2.24, 2.45) is 0 Å². The van der Waals surface area contributed by atoms with Gasteiger partial charge in [-0.1, -0.05) is 22.0 Å².